The van der Waals surface area contributed by atoms with Crippen molar-refractivity contribution in [2.45, 2.75) is 46.5 Å². The number of fused-ring (bicyclic) bond motifs is 1. The molecule has 1 aromatic carbocycles. The Kier molecular flexibility index (Phi) is 5.16. The highest BCUT2D eigenvalue weighted by molar-refractivity contribution is 5.92. The molecule has 0 aliphatic heterocycles. The van der Waals surface area contributed by atoms with Gasteiger partial charge in [0.1, 0.15) is 11.5 Å². The van der Waals surface area contributed by atoms with Gasteiger partial charge in [-0.05, 0) is 49.9 Å². The van der Waals surface area contributed by atoms with Crippen LogP contribution in [0, 0.1) is 13.8 Å². The second-order valence-electron chi connectivity index (χ2n) is 6.48. The fraction of sp³-hybridized carbons (Fsp3) is 0.421. The lowest BCUT2D eigenvalue weighted by Gasteiger charge is -2.01. The average molecular weight is 339 g/mol. The minimum absolute atomic E-state index is 0.130. The first-order valence-electron chi connectivity index (χ1n) is 8.85. The summed E-state index contributed by atoms with van der Waals surface area (Å²) in [7, 11) is 0. The summed E-state index contributed by atoms with van der Waals surface area (Å²) in [6, 6.07) is 6.00. The van der Waals surface area contributed by atoms with Crippen molar-refractivity contribution in [1.29, 1.82) is 0 Å². The zero-order valence-corrected chi connectivity index (χ0v) is 15.1. The van der Waals surface area contributed by atoms with Crippen LogP contribution in [0.3, 0.4) is 0 Å². The van der Waals surface area contributed by atoms with Crippen molar-refractivity contribution in [1.82, 2.24) is 25.5 Å². The molecule has 0 spiro atoms. The largest absolute Gasteiger partial charge is 0.351 e. The molecular formula is C19H25N5O. The Balaban J connectivity index is 1.51. The fourth-order valence-electron chi connectivity index (χ4n) is 2.91. The Bertz CT molecular complexity index is 877. The highest BCUT2D eigenvalue weighted by atomic mass is 16.1. The third-order valence-electron chi connectivity index (χ3n) is 4.49. The molecular weight excluding hydrogens is 314 g/mol. The number of carbonyl (C=O) groups is 1. The van der Waals surface area contributed by atoms with Crippen molar-refractivity contribution in [3.8, 4) is 0 Å². The minimum atomic E-state index is -0.130. The molecule has 0 saturated heterocycles. The van der Waals surface area contributed by atoms with E-state index in [0.717, 1.165) is 48.2 Å². The summed E-state index contributed by atoms with van der Waals surface area (Å²) in [5.41, 5.74) is 6.04. The molecule has 0 radical (unpaired) electrons. The van der Waals surface area contributed by atoms with Crippen LogP contribution in [0.25, 0.3) is 11.0 Å². The maximum Gasteiger partial charge on any atom is 0.271 e. The number of carbonyl (C=O) groups excluding carboxylic acids is 1. The molecule has 1 amide bonds. The number of amides is 1. The number of hydrogen-bond donors (Lipinski definition) is 3. The number of nitrogens with zero attached hydrogens (tertiary/aromatic N) is 2. The summed E-state index contributed by atoms with van der Waals surface area (Å²) in [5.74, 6) is 0.831. The predicted octanol–water partition coefficient (Wildman–Crippen LogP) is 3.22. The predicted molar refractivity (Wildman–Crippen MR) is 98.8 cm³/mol. The van der Waals surface area contributed by atoms with Crippen molar-refractivity contribution in [2.24, 2.45) is 0 Å². The number of rotatable bonds is 7. The summed E-state index contributed by atoms with van der Waals surface area (Å²) in [5, 5.41) is 9.88. The minimum Gasteiger partial charge on any atom is -0.351 e. The summed E-state index contributed by atoms with van der Waals surface area (Å²) in [4.78, 5) is 20.1. The summed E-state index contributed by atoms with van der Waals surface area (Å²) >= 11 is 0. The van der Waals surface area contributed by atoms with Gasteiger partial charge in [0.25, 0.3) is 5.91 Å². The molecule has 0 aliphatic rings. The maximum absolute atomic E-state index is 12.1. The lowest BCUT2D eigenvalue weighted by molar-refractivity contribution is 0.0948. The van der Waals surface area contributed by atoms with Crippen molar-refractivity contribution >= 4 is 16.9 Å². The lowest BCUT2D eigenvalue weighted by atomic mass is 10.1. The Morgan fingerprint density at radius 3 is 2.88 bits per heavy atom. The van der Waals surface area contributed by atoms with Crippen molar-refractivity contribution in [3.05, 3.63) is 46.5 Å². The van der Waals surface area contributed by atoms with E-state index >= 15 is 0 Å². The molecule has 3 rings (SSSR count). The third kappa shape index (κ3) is 3.90. The van der Waals surface area contributed by atoms with Gasteiger partial charge in [-0.1, -0.05) is 19.4 Å². The van der Waals surface area contributed by atoms with Gasteiger partial charge in [-0.2, -0.15) is 5.10 Å². The number of aromatic nitrogens is 4. The van der Waals surface area contributed by atoms with Gasteiger partial charge in [-0.15, -0.1) is 0 Å². The Labute approximate surface area is 147 Å². The van der Waals surface area contributed by atoms with Crippen LogP contribution in [0.4, 0.5) is 0 Å². The van der Waals surface area contributed by atoms with Gasteiger partial charge in [-0.3, -0.25) is 9.89 Å². The third-order valence-corrected chi connectivity index (χ3v) is 4.49. The van der Waals surface area contributed by atoms with Crippen molar-refractivity contribution < 1.29 is 4.79 Å². The Hall–Kier alpha value is -2.63. The Morgan fingerprint density at radius 2 is 2.08 bits per heavy atom. The Morgan fingerprint density at radius 1 is 1.24 bits per heavy atom. The number of imidazole rings is 1. The highest BCUT2D eigenvalue weighted by Crippen LogP contribution is 2.19. The van der Waals surface area contributed by atoms with Gasteiger partial charge in [-0.25, -0.2) is 4.98 Å². The van der Waals surface area contributed by atoms with E-state index in [0.29, 0.717) is 12.2 Å². The van der Waals surface area contributed by atoms with Crippen LogP contribution in [0.15, 0.2) is 18.2 Å². The van der Waals surface area contributed by atoms with Crippen LogP contribution in [-0.2, 0) is 12.8 Å². The van der Waals surface area contributed by atoms with Gasteiger partial charge in [0.15, 0.2) is 0 Å². The zero-order chi connectivity index (χ0) is 17.8. The van der Waals surface area contributed by atoms with Gasteiger partial charge in [0.2, 0.25) is 0 Å². The highest BCUT2D eigenvalue weighted by Gasteiger charge is 2.10. The number of aromatic amines is 2. The molecule has 3 aromatic rings. The van der Waals surface area contributed by atoms with E-state index in [9.17, 15) is 4.79 Å². The molecule has 6 nitrogen and oxygen atoms in total. The number of H-pyrrole nitrogens is 2. The van der Waals surface area contributed by atoms with E-state index in [1.54, 1.807) is 0 Å². The molecule has 0 aliphatic carbocycles. The molecule has 0 unspecified atom stereocenters. The average Bonchev–Trinajstić information content (AvgIpc) is 3.22. The van der Waals surface area contributed by atoms with Gasteiger partial charge in [0, 0.05) is 18.7 Å². The van der Waals surface area contributed by atoms with Crippen LogP contribution < -0.4 is 5.32 Å². The zero-order valence-electron chi connectivity index (χ0n) is 15.1. The summed E-state index contributed by atoms with van der Waals surface area (Å²) in [6.45, 7) is 6.89. The maximum atomic E-state index is 12.1. The van der Waals surface area contributed by atoms with E-state index in [1.165, 1.54) is 11.1 Å². The van der Waals surface area contributed by atoms with Crippen LogP contribution in [0.5, 0.6) is 0 Å². The van der Waals surface area contributed by atoms with Crippen molar-refractivity contribution in [2.75, 3.05) is 6.54 Å². The van der Waals surface area contributed by atoms with Crippen LogP contribution >= 0.6 is 0 Å². The van der Waals surface area contributed by atoms with E-state index < -0.39 is 0 Å². The van der Waals surface area contributed by atoms with Gasteiger partial charge < -0.3 is 10.3 Å². The normalized spacial score (nSPS) is 11.2. The van der Waals surface area contributed by atoms with E-state index in [2.05, 4.69) is 58.4 Å². The van der Waals surface area contributed by atoms with Crippen LogP contribution in [0.2, 0.25) is 0 Å². The number of hydrogen-bond acceptors (Lipinski definition) is 3. The fourth-order valence-corrected chi connectivity index (χ4v) is 2.91. The van der Waals surface area contributed by atoms with Gasteiger partial charge in [0.05, 0.1) is 11.0 Å². The van der Waals surface area contributed by atoms with Crippen LogP contribution in [-0.4, -0.2) is 32.6 Å². The first kappa shape index (κ1) is 17.2. The molecule has 2 aromatic heterocycles. The standard InChI is InChI=1S/C19H25N5O/c1-4-6-14-11-16(24-23-14)19(25)20-10-5-7-17-21-15-9-8-12(2)13(3)18(15)22-17/h8-9,11H,4-7,10H2,1-3H3,(H,20,25)(H,21,22)(H,23,24). The smallest absolute Gasteiger partial charge is 0.271 e. The molecule has 2 heterocycles. The first-order valence-corrected chi connectivity index (χ1v) is 8.85. The summed E-state index contributed by atoms with van der Waals surface area (Å²) < 4.78 is 0. The number of nitrogens with one attached hydrogen (secondary N) is 3. The SMILES string of the molecule is CCCc1cc(C(=O)NCCCc2nc3c(C)c(C)ccc3[nH]2)n[nH]1. The van der Waals surface area contributed by atoms with Crippen molar-refractivity contribution in [3.63, 3.8) is 0 Å². The molecule has 132 valence electrons. The summed E-state index contributed by atoms with van der Waals surface area (Å²) in [6.07, 6.45) is 3.57. The number of aryl methyl sites for hydroxylation is 4. The molecule has 6 heteroatoms. The first-order chi connectivity index (χ1) is 12.1. The topological polar surface area (TPSA) is 86.5 Å². The molecule has 0 atom stereocenters. The molecule has 25 heavy (non-hydrogen) atoms. The van der Waals surface area contributed by atoms with Crippen LogP contribution in [0.1, 0.15) is 52.9 Å². The number of benzene rings is 1. The molecule has 3 N–H and O–H groups in total. The van der Waals surface area contributed by atoms with E-state index in [-0.39, 0.29) is 5.91 Å². The van der Waals surface area contributed by atoms with E-state index in [1.807, 2.05) is 6.07 Å². The van der Waals surface area contributed by atoms with E-state index in [4.69, 9.17) is 0 Å². The second-order valence-corrected chi connectivity index (χ2v) is 6.48. The molecule has 0 saturated carbocycles. The lowest BCUT2D eigenvalue weighted by Crippen LogP contribution is -2.25. The molecule has 0 fully saturated rings. The quantitative estimate of drug-likeness (QED) is 0.578. The molecule has 0 bridgehead atoms. The monoisotopic (exact) mass is 339 g/mol. The van der Waals surface area contributed by atoms with Gasteiger partial charge >= 0.3 is 0 Å². The second kappa shape index (κ2) is 7.51.